The lowest BCUT2D eigenvalue weighted by atomic mass is 10.5. The Hall–Kier alpha value is 1.10. The summed E-state index contributed by atoms with van der Waals surface area (Å²) in [5.74, 6) is 0. The molecule has 2 unspecified atom stereocenters. The van der Waals surface area contributed by atoms with Gasteiger partial charge in [0.15, 0.2) is 0 Å². The molecule has 0 fully saturated rings. The number of hydrogen-bond donors (Lipinski definition) is 0. The second kappa shape index (κ2) is 3.10. The van der Waals surface area contributed by atoms with Crippen molar-refractivity contribution < 1.29 is 8.42 Å². The zero-order chi connectivity index (χ0) is 8.70. The molecule has 1 aliphatic rings. The van der Waals surface area contributed by atoms with E-state index < -0.39 is 17.4 Å². The molecule has 0 bridgehead atoms. The smallest absolute Gasteiger partial charge is 0.209 e. The van der Waals surface area contributed by atoms with Crippen molar-refractivity contribution in [1.29, 1.82) is 0 Å². The van der Waals surface area contributed by atoms with E-state index in [0.29, 0.717) is 0 Å². The predicted octanol–water partition coefficient (Wildman–Crippen LogP) is 2.47. The van der Waals surface area contributed by atoms with Crippen LogP contribution in [-0.2, 0) is 9.05 Å². The van der Waals surface area contributed by atoms with Crippen LogP contribution in [0, 0.1) is 0 Å². The first-order valence-electron chi connectivity index (χ1n) is 2.49. The van der Waals surface area contributed by atoms with Crippen LogP contribution in [0.4, 0.5) is 0 Å². The normalized spacial score (nSPS) is 37.9. The molecule has 0 N–H and O–H groups in total. The number of hydrogen-bond acceptors (Lipinski definition) is 3. The molecule has 0 saturated carbocycles. The van der Waals surface area contributed by atoms with Crippen LogP contribution < -0.4 is 0 Å². The highest BCUT2D eigenvalue weighted by atomic mass is 79.9. The third kappa shape index (κ3) is 1.72. The van der Waals surface area contributed by atoms with Crippen LogP contribution >= 0.6 is 50.0 Å². The Morgan fingerprint density at radius 3 is 2.36 bits per heavy atom. The van der Waals surface area contributed by atoms with Gasteiger partial charge in [0.2, 0.25) is 3.54 Å². The van der Waals surface area contributed by atoms with Gasteiger partial charge in [-0.05, 0) is 5.41 Å². The van der Waals surface area contributed by atoms with Crippen LogP contribution in [0.2, 0.25) is 0 Å². The monoisotopic (exact) mass is 296 g/mol. The number of halogens is 3. The van der Waals surface area contributed by atoms with Crippen LogP contribution in [0.25, 0.3) is 0 Å². The minimum absolute atomic E-state index is 0.441. The van der Waals surface area contributed by atoms with Gasteiger partial charge >= 0.3 is 0 Å². The van der Waals surface area contributed by atoms with Gasteiger partial charge in [-0.1, -0.05) is 45.4 Å². The molecular weight excluding hydrogens is 295 g/mol. The lowest BCUT2D eigenvalue weighted by molar-refractivity contribution is 0.604. The maximum absolute atomic E-state index is 10.9. The van der Waals surface area contributed by atoms with Crippen molar-refractivity contribution in [2.24, 2.45) is 0 Å². The van der Waals surface area contributed by atoms with E-state index in [-0.39, 0.29) is 0 Å². The number of thioether (sulfide) groups is 1. The topological polar surface area (TPSA) is 34.1 Å². The first-order valence-corrected chi connectivity index (χ1v) is 6.98. The van der Waals surface area contributed by atoms with Crippen molar-refractivity contribution in [2.75, 3.05) is 0 Å². The van der Waals surface area contributed by atoms with Gasteiger partial charge in [-0.25, -0.2) is 8.42 Å². The van der Waals surface area contributed by atoms with Crippen LogP contribution in [0.5, 0.6) is 0 Å². The fourth-order valence-corrected chi connectivity index (χ4v) is 4.76. The van der Waals surface area contributed by atoms with E-state index in [1.54, 1.807) is 11.5 Å². The molecular formula is C4H3BrCl2O2S2. The van der Waals surface area contributed by atoms with E-state index in [0.717, 1.165) is 11.8 Å². The largest absolute Gasteiger partial charge is 0.263 e. The highest BCUT2D eigenvalue weighted by molar-refractivity contribution is 9.10. The molecule has 11 heavy (non-hydrogen) atoms. The van der Waals surface area contributed by atoms with Crippen LogP contribution in [-0.4, -0.2) is 16.8 Å². The van der Waals surface area contributed by atoms with Gasteiger partial charge in [-0.3, -0.25) is 0 Å². The number of allylic oxidation sites excluding steroid dienone is 1. The summed E-state index contributed by atoms with van der Waals surface area (Å²) in [4.78, 5) is -0.441. The molecule has 0 aromatic rings. The average molecular weight is 298 g/mol. The molecule has 0 spiro atoms. The Morgan fingerprint density at radius 2 is 2.18 bits per heavy atom. The molecule has 0 aliphatic carbocycles. The van der Waals surface area contributed by atoms with E-state index in [1.165, 1.54) is 0 Å². The standard InChI is InChI=1S/C4H3BrCl2O2S2/c5-3-1-2-10-4(3,6)11(7,8)9/h1-3H. The SMILES string of the molecule is O=S(=O)(Cl)C1(Cl)SC=CC1Br. The van der Waals surface area contributed by atoms with Gasteiger partial charge < -0.3 is 0 Å². The summed E-state index contributed by atoms with van der Waals surface area (Å²) in [5, 5.41) is 1.60. The Morgan fingerprint density at radius 1 is 1.64 bits per heavy atom. The van der Waals surface area contributed by atoms with E-state index in [1.807, 2.05) is 0 Å². The highest BCUT2D eigenvalue weighted by Gasteiger charge is 2.49. The Bertz CT molecular complexity index is 288. The second-order valence-corrected chi connectivity index (χ2v) is 8.05. The predicted molar refractivity (Wildman–Crippen MR) is 52.8 cm³/mol. The van der Waals surface area contributed by atoms with Gasteiger partial charge in [-0.15, -0.1) is 0 Å². The molecule has 64 valence electrons. The molecule has 0 saturated heterocycles. The average Bonchev–Trinajstić information content (AvgIpc) is 2.12. The van der Waals surface area contributed by atoms with Gasteiger partial charge in [0, 0.05) is 10.7 Å². The lowest BCUT2D eigenvalue weighted by Crippen LogP contribution is -2.30. The Kier molecular flexibility index (Phi) is 2.87. The van der Waals surface area contributed by atoms with Crippen molar-refractivity contribution in [3.8, 4) is 0 Å². The van der Waals surface area contributed by atoms with Crippen molar-refractivity contribution in [3.05, 3.63) is 11.5 Å². The fourth-order valence-electron chi connectivity index (χ4n) is 0.573. The fraction of sp³-hybridized carbons (Fsp3) is 0.500. The summed E-state index contributed by atoms with van der Waals surface area (Å²) in [6, 6.07) is 0. The van der Waals surface area contributed by atoms with Crippen LogP contribution in [0.1, 0.15) is 0 Å². The molecule has 7 heteroatoms. The zero-order valence-corrected chi connectivity index (χ0v) is 9.73. The zero-order valence-electron chi connectivity index (χ0n) is 5.00. The number of rotatable bonds is 1. The molecule has 0 amide bonds. The summed E-state index contributed by atoms with van der Waals surface area (Å²) < 4.78 is 20.3. The van der Waals surface area contributed by atoms with Gasteiger partial charge in [-0.2, -0.15) is 0 Å². The molecule has 0 radical (unpaired) electrons. The maximum Gasteiger partial charge on any atom is 0.263 e. The third-order valence-electron chi connectivity index (χ3n) is 1.14. The molecule has 0 aromatic carbocycles. The van der Waals surface area contributed by atoms with Crippen molar-refractivity contribution in [2.45, 2.75) is 8.37 Å². The highest BCUT2D eigenvalue weighted by Crippen LogP contribution is 2.49. The molecule has 2 nitrogen and oxygen atoms in total. The van der Waals surface area contributed by atoms with Crippen LogP contribution in [0.15, 0.2) is 11.5 Å². The minimum Gasteiger partial charge on any atom is -0.209 e. The summed E-state index contributed by atoms with van der Waals surface area (Å²) in [7, 11) is 1.36. The van der Waals surface area contributed by atoms with E-state index in [9.17, 15) is 8.42 Å². The Balaban J connectivity index is 3.04. The third-order valence-corrected chi connectivity index (χ3v) is 8.09. The van der Waals surface area contributed by atoms with Gasteiger partial charge in [0.05, 0.1) is 4.83 Å². The van der Waals surface area contributed by atoms with E-state index in [2.05, 4.69) is 15.9 Å². The minimum atomic E-state index is -3.76. The quantitative estimate of drug-likeness (QED) is 0.551. The number of alkyl halides is 2. The maximum atomic E-state index is 10.9. The summed E-state index contributed by atoms with van der Waals surface area (Å²) >= 11 is 9.80. The van der Waals surface area contributed by atoms with Crippen molar-refractivity contribution in [3.63, 3.8) is 0 Å². The van der Waals surface area contributed by atoms with Crippen molar-refractivity contribution >= 4 is 59.0 Å². The molecule has 0 aromatic heterocycles. The summed E-state index contributed by atoms with van der Waals surface area (Å²) in [6.07, 6.45) is 1.64. The molecule has 1 aliphatic heterocycles. The molecule has 2 atom stereocenters. The lowest BCUT2D eigenvalue weighted by Gasteiger charge is -2.19. The first-order chi connectivity index (χ1) is 4.88. The molecule has 1 rings (SSSR count). The summed E-state index contributed by atoms with van der Waals surface area (Å²) in [5.41, 5.74) is 0. The molecule has 1 heterocycles. The van der Waals surface area contributed by atoms with Gasteiger partial charge in [0.25, 0.3) is 9.05 Å². The van der Waals surface area contributed by atoms with Crippen LogP contribution in [0.3, 0.4) is 0 Å². The van der Waals surface area contributed by atoms with E-state index in [4.69, 9.17) is 22.3 Å². The van der Waals surface area contributed by atoms with E-state index >= 15 is 0 Å². The van der Waals surface area contributed by atoms with Crippen molar-refractivity contribution in [1.82, 2.24) is 0 Å². The first kappa shape index (κ1) is 10.2. The second-order valence-electron chi connectivity index (χ2n) is 1.87. The Labute approximate surface area is 86.9 Å². The van der Waals surface area contributed by atoms with Gasteiger partial charge in [0.1, 0.15) is 0 Å². The summed E-state index contributed by atoms with van der Waals surface area (Å²) in [6.45, 7) is 0.